The van der Waals surface area contributed by atoms with Crippen LogP contribution >= 0.6 is 0 Å². The van der Waals surface area contributed by atoms with Crippen LogP contribution in [0.5, 0.6) is 11.5 Å². The highest BCUT2D eigenvalue weighted by Gasteiger charge is 2.10. The first kappa shape index (κ1) is 16.9. The molecule has 3 aromatic carbocycles. The number of para-hydroxylation sites is 1. The van der Waals surface area contributed by atoms with Gasteiger partial charge in [-0.3, -0.25) is 0 Å². The molecule has 4 rings (SSSR count). The predicted octanol–water partition coefficient (Wildman–Crippen LogP) is 5.60. The van der Waals surface area contributed by atoms with Gasteiger partial charge in [-0.2, -0.15) is 0 Å². The molecule has 0 fully saturated rings. The van der Waals surface area contributed by atoms with E-state index in [4.69, 9.17) is 13.9 Å². The molecular formula is C23H19NO3. The van der Waals surface area contributed by atoms with Crippen LogP contribution in [0.15, 0.2) is 89.5 Å². The topological polar surface area (TPSA) is 44.5 Å². The first-order chi connectivity index (χ1) is 13.3. The summed E-state index contributed by atoms with van der Waals surface area (Å²) in [5, 5.41) is 0. The lowest BCUT2D eigenvalue weighted by molar-refractivity contribution is 0.302. The molecule has 4 aromatic rings. The second-order valence-corrected chi connectivity index (χ2v) is 6.02. The van der Waals surface area contributed by atoms with E-state index in [-0.39, 0.29) is 0 Å². The predicted molar refractivity (Wildman–Crippen MR) is 105 cm³/mol. The molecule has 0 N–H and O–H groups in total. The van der Waals surface area contributed by atoms with Crippen molar-refractivity contribution < 1.29 is 13.9 Å². The maximum absolute atomic E-state index is 6.02. The van der Waals surface area contributed by atoms with Crippen molar-refractivity contribution in [3.63, 3.8) is 0 Å². The van der Waals surface area contributed by atoms with E-state index in [0.29, 0.717) is 12.5 Å². The van der Waals surface area contributed by atoms with Crippen molar-refractivity contribution in [1.29, 1.82) is 0 Å². The minimum atomic E-state index is 0.337. The normalized spacial score (nSPS) is 10.6. The van der Waals surface area contributed by atoms with Crippen LogP contribution in [0, 0.1) is 0 Å². The van der Waals surface area contributed by atoms with Crippen LogP contribution in [-0.4, -0.2) is 12.1 Å². The quantitative estimate of drug-likeness (QED) is 0.451. The number of rotatable bonds is 6. The van der Waals surface area contributed by atoms with Crippen molar-refractivity contribution >= 4 is 0 Å². The number of methoxy groups -OCH3 is 1. The maximum Gasteiger partial charge on any atom is 0.226 e. The molecule has 0 unspecified atom stereocenters. The van der Waals surface area contributed by atoms with Gasteiger partial charge in [-0.25, -0.2) is 4.98 Å². The molecule has 0 aliphatic heterocycles. The van der Waals surface area contributed by atoms with Crippen LogP contribution in [0.25, 0.3) is 22.6 Å². The van der Waals surface area contributed by atoms with Crippen LogP contribution < -0.4 is 9.47 Å². The van der Waals surface area contributed by atoms with Crippen LogP contribution in [0.3, 0.4) is 0 Å². The fourth-order valence-electron chi connectivity index (χ4n) is 2.84. The van der Waals surface area contributed by atoms with Gasteiger partial charge < -0.3 is 13.9 Å². The third-order valence-electron chi connectivity index (χ3n) is 4.24. The van der Waals surface area contributed by atoms with Crippen molar-refractivity contribution in [2.75, 3.05) is 7.11 Å². The fraction of sp³-hybridized carbons (Fsp3) is 0.0870. The van der Waals surface area contributed by atoms with E-state index in [1.165, 1.54) is 0 Å². The second-order valence-electron chi connectivity index (χ2n) is 6.02. The largest absolute Gasteiger partial charge is 0.497 e. The fourth-order valence-corrected chi connectivity index (χ4v) is 2.84. The lowest BCUT2D eigenvalue weighted by Crippen LogP contribution is -1.97. The summed E-state index contributed by atoms with van der Waals surface area (Å²) in [6.45, 7) is 0.337. The van der Waals surface area contributed by atoms with Crippen molar-refractivity contribution in [2.24, 2.45) is 0 Å². The summed E-state index contributed by atoms with van der Waals surface area (Å²) < 4.78 is 16.8. The Morgan fingerprint density at radius 2 is 1.56 bits per heavy atom. The average molecular weight is 357 g/mol. The van der Waals surface area contributed by atoms with Crippen molar-refractivity contribution in [3.8, 4) is 34.1 Å². The zero-order valence-electron chi connectivity index (χ0n) is 15.0. The van der Waals surface area contributed by atoms with Gasteiger partial charge in [0.05, 0.1) is 7.11 Å². The van der Waals surface area contributed by atoms with E-state index >= 15 is 0 Å². The Morgan fingerprint density at radius 3 is 2.33 bits per heavy atom. The van der Waals surface area contributed by atoms with E-state index in [1.54, 1.807) is 13.4 Å². The molecular weight excluding hydrogens is 338 g/mol. The third kappa shape index (κ3) is 3.85. The molecule has 0 amide bonds. The number of benzene rings is 3. The van der Waals surface area contributed by atoms with E-state index < -0.39 is 0 Å². The van der Waals surface area contributed by atoms with Crippen LogP contribution in [-0.2, 0) is 6.61 Å². The van der Waals surface area contributed by atoms with Crippen LogP contribution in [0.4, 0.5) is 0 Å². The summed E-state index contributed by atoms with van der Waals surface area (Å²) in [6, 6.07) is 25.8. The van der Waals surface area contributed by atoms with Gasteiger partial charge in [0.25, 0.3) is 0 Å². The summed E-state index contributed by atoms with van der Waals surface area (Å²) in [5.74, 6) is 2.18. The highest BCUT2D eigenvalue weighted by atomic mass is 16.5. The standard InChI is InChI=1S/C23H19NO3/c1-25-20-13-11-18(12-14-20)23-24-19(16-27-23)15-26-22-10-6-5-9-21(22)17-7-3-2-4-8-17/h2-14,16H,15H2,1H3. The molecule has 0 spiro atoms. The summed E-state index contributed by atoms with van der Waals surface area (Å²) in [6.07, 6.45) is 1.63. The molecule has 0 aliphatic rings. The molecule has 0 atom stereocenters. The van der Waals surface area contributed by atoms with Crippen LogP contribution in [0.2, 0.25) is 0 Å². The lowest BCUT2D eigenvalue weighted by atomic mass is 10.1. The molecule has 0 aliphatic carbocycles. The zero-order valence-corrected chi connectivity index (χ0v) is 15.0. The van der Waals surface area contributed by atoms with Gasteiger partial charge >= 0.3 is 0 Å². The second kappa shape index (κ2) is 7.79. The van der Waals surface area contributed by atoms with Gasteiger partial charge in [0.1, 0.15) is 30.1 Å². The zero-order chi connectivity index (χ0) is 18.5. The number of hydrogen-bond donors (Lipinski definition) is 0. The molecule has 0 radical (unpaired) electrons. The van der Waals surface area contributed by atoms with E-state index in [2.05, 4.69) is 23.2 Å². The number of oxazole rings is 1. The van der Waals surface area contributed by atoms with Gasteiger partial charge in [-0.05, 0) is 35.9 Å². The molecule has 0 saturated carbocycles. The molecule has 134 valence electrons. The van der Waals surface area contributed by atoms with Crippen molar-refractivity contribution in [1.82, 2.24) is 4.98 Å². The van der Waals surface area contributed by atoms with Gasteiger partial charge in [0.2, 0.25) is 5.89 Å². The summed E-state index contributed by atoms with van der Waals surface area (Å²) in [4.78, 5) is 4.52. The Kier molecular flexibility index (Phi) is 4.88. The Bertz CT molecular complexity index is 1010. The third-order valence-corrected chi connectivity index (χ3v) is 4.24. The molecule has 4 nitrogen and oxygen atoms in total. The van der Waals surface area contributed by atoms with Gasteiger partial charge in [0, 0.05) is 11.1 Å². The van der Waals surface area contributed by atoms with E-state index in [1.807, 2.05) is 60.7 Å². The Balaban J connectivity index is 1.49. The minimum absolute atomic E-state index is 0.337. The molecule has 0 bridgehead atoms. The number of ether oxygens (including phenoxy) is 2. The Hall–Kier alpha value is -3.53. The highest BCUT2D eigenvalue weighted by molar-refractivity contribution is 5.70. The molecule has 4 heteroatoms. The van der Waals surface area contributed by atoms with E-state index in [9.17, 15) is 0 Å². The molecule has 1 heterocycles. The van der Waals surface area contributed by atoms with Gasteiger partial charge in [0.15, 0.2) is 0 Å². The summed E-state index contributed by atoms with van der Waals surface area (Å²) in [7, 11) is 1.64. The lowest BCUT2D eigenvalue weighted by Gasteiger charge is -2.10. The maximum atomic E-state index is 6.02. The van der Waals surface area contributed by atoms with Crippen LogP contribution in [0.1, 0.15) is 5.69 Å². The monoisotopic (exact) mass is 357 g/mol. The first-order valence-corrected chi connectivity index (χ1v) is 8.69. The van der Waals surface area contributed by atoms with Gasteiger partial charge in [-0.1, -0.05) is 48.5 Å². The molecule has 1 aromatic heterocycles. The van der Waals surface area contributed by atoms with Crippen molar-refractivity contribution in [3.05, 3.63) is 90.8 Å². The Labute approximate surface area is 158 Å². The average Bonchev–Trinajstić information content (AvgIpc) is 3.22. The number of hydrogen-bond acceptors (Lipinski definition) is 4. The molecule has 0 saturated heterocycles. The highest BCUT2D eigenvalue weighted by Crippen LogP contribution is 2.30. The summed E-state index contributed by atoms with van der Waals surface area (Å²) >= 11 is 0. The Morgan fingerprint density at radius 1 is 0.815 bits per heavy atom. The first-order valence-electron chi connectivity index (χ1n) is 8.69. The SMILES string of the molecule is COc1ccc(-c2nc(COc3ccccc3-c3ccccc3)co2)cc1. The number of nitrogens with zero attached hydrogens (tertiary/aromatic N) is 1. The van der Waals surface area contributed by atoms with E-state index in [0.717, 1.165) is 33.9 Å². The smallest absolute Gasteiger partial charge is 0.226 e. The minimum Gasteiger partial charge on any atom is -0.497 e. The number of aromatic nitrogens is 1. The molecule has 27 heavy (non-hydrogen) atoms. The van der Waals surface area contributed by atoms with Gasteiger partial charge in [-0.15, -0.1) is 0 Å². The summed E-state index contributed by atoms with van der Waals surface area (Å²) in [5.41, 5.74) is 3.81. The van der Waals surface area contributed by atoms with Crippen molar-refractivity contribution in [2.45, 2.75) is 6.61 Å².